The maximum Gasteiger partial charge on any atom is 0.371 e. The predicted molar refractivity (Wildman–Crippen MR) is 110 cm³/mol. The van der Waals surface area contributed by atoms with Gasteiger partial charge in [-0.05, 0) is 60.9 Å². The standard InChI is InChI=1S/C16H16N2O3S.C5H4O3/c17-16(19)13-7-9-14(10-8-13)22(20,21)18-11-3-5-12-4-1-2-6-15(12)18;6-5(7)4-2-1-3-8-4/h1-2,4,6-10H,3,5,11H2,(H2,17,19);1-3H,(H,6,7). The topological polar surface area (TPSA) is 131 Å². The Morgan fingerprint density at radius 2 is 1.70 bits per heavy atom. The molecule has 30 heavy (non-hydrogen) atoms. The number of carboxylic acid groups (broad SMARTS) is 1. The first-order valence-electron chi connectivity index (χ1n) is 9.08. The van der Waals surface area contributed by atoms with Crippen molar-refractivity contribution in [1.82, 2.24) is 0 Å². The van der Waals surface area contributed by atoms with E-state index in [1.807, 2.05) is 24.3 Å². The number of carbonyl (C=O) groups excluding carboxylic acids is 1. The Balaban J connectivity index is 0.000000269. The van der Waals surface area contributed by atoms with E-state index in [2.05, 4.69) is 4.42 Å². The molecule has 156 valence electrons. The van der Waals surface area contributed by atoms with Crippen LogP contribution in [0.3, 0.4) is 0 Å². The number of amides is 1. The summed E-state index contributed by atoms with van der Waals surface area (Å²) in [6.07, 6.45) is 2.99. The van der Waals surface area contributed by atoms with Crippen LogP contribution in [0.15, 0.2) is 76.2 Å². The number of furan rings is 1. The summed E-state index contributed by atoms with van der Waals surface area (Å²) in [5.74, 6) is -1.63. The molecule has 0 bridgehead atoms. The first-order valence-corrected chi connectivity index (χ1v) is 10.5. The van der Waals surface area contributed by atoms with Crippen molar-refractivity contribution >= 4 is 27.6 Å². The van der Waals surface area contributed by atoms with Gasteiger partial charge in [-0.25, -0.2) is 13.2 Å². The molecule has 0 unspecified atom stereocenters. The molecular formula is C21H20N2O6S. The normalized spacial score (nSPS) is 13.0. The average molecular weight is 428 g/mol. The van der Waals surface area contributed by atoms with Gasteiger partial charge in [0.1, 0.15) is 0 Å². The number of benzene rings is 2. The Hall–Kier alpha value is -3.59. The number of sulfonamides is 1. The number of aryl methyl sites for hydroxylation is 1. The number of anilines is 1. The third-order valence-electron chi connectivity index (χ3n) is 4.53. The Morgan fingerprint density at radius 3 is 2.27 bits per heavy atom. The maximum atomic E-state index is 12.8. The van der Waals surface area contributed by atoms with Gasteiger partial charge in [0.25, 0.3) is 10.0 Å². The van der Waals surface area contributed by atoms with Crippen molar-refractivity contribution in [3.8, 4) is 0 Å². The van der Waals surface area contributed by atoms with Crippen molar-refractivity contribution in [2.24, 2.45) is 5.73 Å². The Morgan fingerprint density at radius 1 is 1.00 bits per heavy atom. The van der Waals surface area contributed by atoms with E-state index in [9.17, 15) is 18.0 Å². The van der Waals surface area contributed by atoms with Gasteiger partial charge in [-0.3, -0.25) is 9.10 Å². The first-order chi connectivity index (χ1) is 14.3. The highest BCUT2D eigenvalue weighted by Gasteiger charge is 2.28. The monoisotopic (exact) mass is 428 g/mol. The number of nitrogens with zero attached hydrogens (tertiary/aromatic N) is 1. The molecule has 0 saturated carbocycles. The third-order valence-corrected chi connectivity index (χ3v) is 6.35. The van der Waals surface area contributed by atoms with Gasteiger partial charge >= 0.3 is 5.97 Å². The van der Waals surface area contributed by atoms with Crippen molar-refractivity contribution in [3.63, 3.8) is 0 Å². The third kappa shape index (κ3) is 4.52. The van der Waals surface area contributed by atoms with E-state index in [1.54, 1.807) is 0 Å². The summed E-state index contributed by atoms with van der Waals surface area (Å²) in [6.45, 7) is 0.455. The lowest BCUT2D eigenvalue weighted by molar-refractivity contribution is 0.0662. The Bertz CT molecular complexity index is 1140. The lowest BCUT2D eigenvalue weighted by Crippen LogP contribution is -2.35. The summed E-state index contributed by atoms with van der Waals surface area (Å²) in [5, 5.41) is 8.18. The number of fused-ring (bicyclic) bond motifs is 1. The van der Waals surface area contributed by atoms with Gasteiger partial charge in [0.15, 0.2) is 0 Å². The second-order valence-corrected chi connectivity index (χ2v) is 8.34. The van der Waals surface area contributed by atoms with Crippen LogP contribution < -0.4 is 10.0 Å². The zero-order valence-electron chi connectivity index (χ0n) is 15.9. The summed E-state index contributed by atoms with van der Waals surface area (Å²) in [5.41, 5.74) is 7.23. The maximum absolute atomic E-state index is 12.8. The molecular weight excluding hydrogens is 408 g/mol. The van der Waals surface area contributed by atoms with Crippen LogP contribution in [-0.4, -0.2) is 31.9 Å². The molecule has 0 fully saturated rings. The molecule has 1 aromatic heterocycles. The van der Waals surface area contributed by atoms with E-state index in [1.165, 1.54) is 47.0 Å². The highest BCUT2D eigenvalue weighted by Crippen LogP contribution is 2.31. The molecule has 2 aromatic carbocycles. The summed E-state index contributed by atoms with van der Waals surface area (Å²) < 4.78 is 31.6. The second-order valence-electron chi connectivity index (χ2n) is 6.48. The molecule has 0 atom stereocenters. The number of aromatic carboxylic acids is 1. The van der Waals surface area contributed by atoms with E-state index < -0.39 is 21.9 Å². The second kappa shape index (κ2) is 8.83. The number of para-hydroxylation sites is 1. The molecule has 0 saturated heterocycles. The summed E-state index contributed by atoms with van der Waals surface area (Å²) in [4.78, 5) is 21.2. The molecule has 1 amide bonds. The van der Waals surface area contributed by atoms with Crippen LogP contribution in [0.5, 0.6) is 0 Å². The van der Waals surface area contributed by atoms with Crippen LogP contribution in [0.25, 0.3) is 0 Å². The molecule has 3 N–H and O–H groups in total. The molecule has 1 aliphatic heterocycles. The van der Waals surface area contributed by atoms with Crippen molar-refractivity contribution in [2.45, 2.75) is 17.7 Å². The molecule has 0 radical (unpaired) electrons. The molecule has 8 nitrogen and oxygen atoms in total. The van der Waals surface area contributed by atoms with Crippen LogP contribution >= 0.6 is 0 Å². The van der Waals surface area contributed by atoms with Gasteiger partial charge in [0, 0.05) is 12.1 Å². The minimum Gasteiger partial charge on any atom is -0.475 e. The van der Waals surface area contributed by atoms with Gasteiger partial charge in [-0.1, -0.05) is 18.2 Å². The SMILES string of the molecule is NC(=O)c1ccc(S(=O)(=O)N2CCCc3ccccc32)cc1.O=C(O)c1ccco1. The summed E-state index contributed by atoms with van der Waals surface area (Å²) in [6, 6.07) is 16.2. The van der Waals surface area contributed by atoms with Crippen molar-refractivity contribution in [2.75, 3.05) is 10.8 Å². The minimum atomic E-state index is -3.64. The Labute approximate surface area is 173 Å². The quantitative estimate of drug-likeness (QED) is 0.657. The van der Waals surface area contributed by atoms with Gasteiger partial charge in [-0.15, -0.1) is 0 Å². The molecule has 1 aliphatic rings. The van der Waals surface area contributed by atoms with E-state index in [-0.39, 0.29) is 16.2 Å². The lowest BCUT2D eigenvalue weighted by Gasteiger charge is -2.30. The van der Waals surface area contributed by atoms with Gasteiger partial charge in [0.2, 0.25) is 11.7 Å². The number of nitrogens with two attached hydrogens (primary N) is 1. The highest BCUT2D eigenvalue weighted by atomic mass is 32.2. The molecule has 2 heterocycles. The van der Waals surface area contributed by atoms with Crippen LogP contribution in [-0.2, 0) is 16.4 Å². The van der Waals surface area contributed by atoms with Crippen LogP contribution in [0, 0.1) is 0 Å². The van der Waals surface area contributed by atoms with Gasteiger partial charge < -0.3 is 15.3 Å². The zero-order chi connectivity index (χ0) is 21.7. The average Bonchev–Trinajstić information content (AvgIpc) is 3.29. The highest BCUT2D eigenvalue weighted by molar-refractivity contribution is 7.92. The molecule has 0 spiro atoms. The van der Waals surface area contributed by atoms with Crippen LogP contribution in [0.4, 0.5) is 5.69 Å². The van der Waals surface area contributed by atoms with Crippen molar-refractivity contribution in [3.05, 3.63) is 83.8 Å². The zero-order valence-corrected chi connectivity index (χ0v) is 16.7. The number of hydrogen-bond donors (Lipinski definition) is 2. The number of carbonyl (C=O) groups is 2. The summed E-state index contributed by atoms with van der Waals surface area (Å²) >= 11 is 0. The number of rotatable bonds is 4. The minimum absolute atomic E-state index is 0.0231. The van der Waals surface area contributed by atoms with E-state index in [4.69, 9.17) is 10.8 Å². The number of hydrogen-bond acceptors (Lipinski definition) is 5. The van der Waals surface area contributed by atoms with Crippen molar-refractivity contribution in [1.29, 1.82) is 0 Å². The fourth-order valence-corrected chi connectivity index (χ4v) is 4.61. The van der Waals surface area contributed by atoms with E-state index >= 15 is 0 Å². The van der Waals surface area contributed by atoms with E-state index in [0.29, 0.717) is 6.54 Å². The fourth-order valence-electron chi connectivity index (χ4n) is 3.07. The first kappa shape index (κ1) is 21.1. The van der Waals surface area contributed by atoms with Crippen molar-refractivity contribution < 1.29 is 27.5 Å². The smallest absolute Gasteiger partial charge is 0.371 e. The lowest BCUT2D eigenvalue weighted by atomic mass is 10.0. The fraction of sp³-hybridized carbons (Fsp3) is 0.143. The van der Waals surface area contributed by atoms with Gasteiger partial charge in [0.05, 0.1) is 16.8 Å². The summed E-state index contributed by atoms with van der Waals surface area (Å²) in [7, 11) is -3.64. The number of primary amides is 1. The number of carboxylic acids is 1. The molecule has 3 aromatic rings. The largest absolute Gasteiger partial charge is 0.475 e. The van der Waals surface area contributed by atoms with Crippen LogP contribution in [0.2, 0.25) is 0 Å². The van der Waals surface area contributed by atoms with E-state index in [0.717, 1.165) is 24.1 Å². The molecule has 9 heteroatoms. The molecule has 4 rings (SSSR count). The predicted octanol–water partition coefficient (Wildman–Crippen LogP) is 2.90. The van der Waals surface area contributed by atoms with Gasteiger partial charge in [-0.2, -0.15) is 0 Å². The Kier molecular flexibility index (Phi) is 6.22. The molecule has 0 aliphatic carbocycles. The van der Waals surface area contributed by atoms with Crippen LogP contribution in [0.1, 0.15) is 32.9 Å².